The molecule has 0 spiro atoms. The van der Waals surface area contributed by atoms with Gasteiger partial charge >= 0.3 is 0 Å². The van der Waals surface area contributed by atoms with E-state index in [2.05, 4.69) is 20.8 Å². The molecule has 1 unspecified atom stereocenters. The summed E-state index contributed by atoms with van der Waals surface area (Å²) in [6.45, 7) is 8.72. The molecular weight excluding hydrogens is 238 g/mol. The minimum atomic E-state index is -0.0961. The number of carbonyl (C=O) groups is 1. The topological polar surface area (TPSA) is 52.3 Å². The molecule has 3 heteroatoms. The molecule has 0 saturated carbocycles. The fourth-order valence-electron chi connectivity index (χ4n) is 2.14. The van der Waals surface area contributed by atoms with E-state index in [4.69, 9.17) is 10.5 Å². The third kappa shape index (κ3) is 3.57. The van der Waals surface area contributed by atoms with Gasteiger partial charge in [0.25, 0.3) is 0 Å². The number of carbonyl (C=O) groups excluding carboxylic acids is 1. The van der Waals surface area contributed by atoms with Gasteiger partial charge in [0.15, 0.2) is 5.78 Å². The van der Waals surface area contributed by atoms with Crippen molar-refractivity contribution in [3.8, 4) is 5.75 Å². The molecule has 1 aromatic rings. The summed E-state index contributed by atoms with van der Waals surface area (Å²) in [6, 6.07) is 5.64. The van der Waals surface area contributed by atoms with E-state index in [-0.39, 0.29) is 17.1 Å². The Hall–Kier alpha value is -1.35. The van der Waals surface area contributed by atoms with E-state index in [0.717, 1.165) is 23.3 Å². The lowest BCUT2D eigenvalue weighted by Gasteiger charge is -2.23. The number of ether oxygens (including phenoxy) is 1. The maximum atomic E-state index is 12.4. The van der Waals surface area contributed by atoms with Crippen molar-refractivity contribution in [2.24, 2.45) is 11.7 Å². The predicted octanol–water partition coefficient (Wildman–Crippen LogP) is 3.16. The van der Waals surface area contributed by atoms with Crippen LogP contribution in [0.1, 0.15) is 50.0 Å². The molecule has 0 amide bonds. The SMILES string of the molecule is CCC(CN)C(=O)c1ccc(OC)c(C(C)(C)C)c1. The third-order valence-corrected chi connectivity index (χ3v) is 3.44. The Morgan fingerprint density at radius 3 is 2.42 bits per heavy atom. The molecule has 0 saturated heterocycles. The van der Waals surface area contributed by atoms with Crippen molar-refractivity contribution in [3.63, 3.8) is 0 Å². The first kappa shape index (κ1) is 15.7. The van der Waals surface area contributed by atoms with Gasteiger partial charge in [-0.3, -0.25) is 4.79 Å². The number of Topliss-reactive ketones (excluding diaryl/α,β-unsaturated/α-hetero) is 1. The van der Waals surface area contributed by atoms with Gasteiger partial charge in [0, 0.05) is 23.6 Å². The quantitative estimate of drug-likeness (QED) is 0.830. The highest BCUT2D eigenvalue weighted by Gasteiger charge is 2.23. The summed E-state index contributed by atoms with van der Waals surface area (Å²) in [5.41, 5.74) is 7.37. The number of hydrogen-bond acceptors (Lipinski definition) is 3. The van der Waals surface area contributed by atoms with E-state index in [1.54, 1.807) is 7.11 Å². The van der Waals surface area contributed by atoms with Gasteiger partial charge in [0.1, 0.15) is 5.75 Å². The van der Waals surface area contributed by atoms with Crippen LogP contribution in [0, 0.1) is 5.92 Å². The Bertz CT molecular complexity index is 443. The molecule has 1 rings (SSSR count). The number of rotatable bonds is 5. The minimum Gasteiger partial charge on any atom is -0.496 e. The molecule has 0 aliphatic rings. The van der Waals surface area contributed by atoms with Gasteiger partial charge in [-0.15, -0.1) is 0 Å². The maximum Gasteiger partial charge on any atom is 0.167 e. The Morgan fingerprint density at radius 1 is 1.37 bits per heavy atom. The first-order chi connectivity index (χ1) is 8.85. The molecule has 0 heterocycles. The fraction of sp³-hybridized carbons (Fsp3) is 0.562. The molecule has 19 heavy (non-hydrogen) atoms. The Balaban J connectivity index is 3.22. The van der Waals surface area contributed by atoms with Gasteiger partial charge in [-0.05, 0) is 30.0 Å². The molecular formula is C16H25NO2. The van der Waals surface area contributed by atoms with Gasteiger partial charge in [-0.1, -0.05) is 27.7 Å². The smallest absolute Gasteiger partial charge is 0.167 e. The summed E-state index contributed by atoms with van der Waals surface area (Å²) in [5, 5.41) is 0. The second-order valence-electron chi connectivity index (χ2n) is 5.87. The van der Waals surface area contributed by atoms with Crippen molar-refractivity contribution < 1.29 is 9.53 Å². The van der Waals surface area contributed by atoms with Crippen LogP contribution in [0.25, 0.3) is 0 Å². The van der Waals surface area contributed by atoms with Crippen molar-refractivity contribution >= 4 is 5.78 Å². The summed E-state index contributed by atoms with van der Waals surface area (Å²) in [5.74, 6) is 0.851. The number of methoxy groups -OCH3 is 1. The first-order valence-electron chi connectivity index (χ1n) is 6.78. The average molecular weight is 263 g/mol. The third-order valence-electron chi connectivity index (χ3n) is 3.44. The molecule has 0 radical (unpaired) electrons. The normalized spacial score (nSPS) is 13.2. The molecule has 0 fully saturated rings. The highest BCUT2D eigenvalue weighted by atomic mass is 16.5. The zero-order chi connectivity index (χ0) is 14.6. The standard InChI is InChI=1S/C16H25NO2/c1-6-11(10-17)15(18)12-7-8-14(19-5)13(9-12)16(2,3)4/h7-9,11H,6,10,17H2,1-5H3. The first-order valence-corrected chi connectivity index (χ1v) is 6.78. The van der Waals surface area contributed by atoms with Crippen LogP contribution in [0.15, 0.2) is 18.2 Å². The Kier molecular flexibility index (Phi) is 5.12. The molecule has 2 N–H and O–H groups in total. The molecule has 0 aliphatic heterocycles. The van der Waals surface area contributed by atoms with E-state index < -0.39 is 0 Å². The van der Waals surface area contributed by atoms with Crippen molar-refractivity contribution in [2.75, 3.05) is 13.7 Å². The lowest BCUT2D eigenvalue weighted by Crippen LogP contribution is -2.23. The van der Waals surface area contributed by atoms with Gasteiger partial charge < -0.3 is 10.5 Å². The van der Waals surface area contributed by atoms with E-state index in [1.165, 1.54) is 0 Å². The molecule has 3 nitrogen and oxygen atoms in total. The van der Waals surface area contributed by atoms with Crippen molar-refractivity contribution in [3.05, 3.63) is 29.3 Å². The number of hydrogen-bond donors (Lipinski definition) is 1. The summed E-state index contributed by atoms with van der Waals surface area (Å²) in [6.07, 6.45) is 0.770. The molecule has 0 bridgehead atoms. The maximum absolute atomic E-state index is 12.4. The van der Waals surface area contributed by atoms with Gasteiger partial charge in [-0.2, -0.15) is 0 Å². The largest absolute Gasteiger partial charge is 0.496 e. The van der Waals surface area contributed by atoms with Crippen LogP contribution in [0.2, 0.25) is 0 Å². The second kappa shape index (κ2) is 6.20. The molecule has 0 aromatic heterocycles. The van der Waals surface area contributed by atoms with Gasteiger partial charge in [-0.25, -0.2) is 0 Å². The van der Waals surface area contributed by atoms with Crippen molar-refractivity contribution in [1.29, 1.82) is 0 Å². The number of nitrogens with two attached hydrogens (primary N) is 1. The second-order valence-corrected chi connectivity index (χ2v) is 5.87. The lowest BCUT2D eigenvalue weighted by atomic mass is 9.84. The fourth-order valence-corrected chi connectivity index (χ4v) is 2.14. The van der Waals surface area contributed by atoms with Crippen LogP contribution < -0.4 is 10.5 Å². The molecule has 1 aromatic carbocycles. The zero-order valence-electron chi connectivity index (χ0n) is 12.6. The van der Waals surface area contributed by atoms with E-state index in [9.17, 15) is 4.79 Å². The monoisotopic (exact) mass is 263 g/mol. The van der Waals surface area contributed by atoms with Crippen LogP contribution in [-0.4, -0.2) is 19.4 Å². The van der Waals surface area contributed by atoms with E-state index in [1.807, 2.05) is 25.1 Å². The summed E-state index contributed by atoms with van der Waals surface area (Å²) >= 11 is 0. The van der Waals surface area contributed by atoms with E-state index >= 15 is 0 Å². The van der Waals surface area contributed by atoms with Gasteiger partial charge in [0.2, 0.25) is 0 Å². The lowest BCUT2D eigenvalue weighted by molar-refractivity contribution is 0.0921. The number of benzene rings is 1. The predicted molar refractivity (Wildman–Crippen MR) is 78.9 cm³/mol. The number of ketones is 1. The summed E-state index contributed by atoms with van der Waals surface area (Å²) in [4.78, 5) is 12.4. The molecule has 0 aliphatic carbocycles. The minimum absolute atomic E-state index is 0.0634. The molecule has 106 valence electrons. The Labute approximate surface area is 116 Å². The highest BCUT2D eigenvalue weighted by molar-refractivity contribution is 5.98. The van der Waals surface area contributed by atoms with Crippen LogP contribution in [-0.2, 0) is 5.41 Å². The highest BCUT2D eigenvalue weighted by Crippen LogP contribution is 2.32. The summed E-state index contributed by atoms with van der Waals surface area (Å²) < 4.78 is 5.38. The molecule has 1 atom stereocenters. The summed E-state index contributed by atoms with van der Waals surface area (Å²) in [7, 11) is 1.65. The van der Waals surface area contributed by atoms with E-state index in [0.29, 0.717) is 6.54 Å². The van der Waals surface area contributed by atoms with Crippen LogP contribution in [0.4, 0.5) is 0 Å². The van der Waals surface area contributed by atoms with Gasteiger partial charge in [0.05, 0.1) is 7.11 Å². The van der Waals surface area contributed by atoms with Crippen LogP contribution in [0.3, 0.4) is 0 Å². The zero-order valence-corrected chi connectivity index (χ0v) is 12.6. The van der Waals surface area contributed by atoms with Crippen molar-refractivity contribution in [1.82, 2.24) is 0 Å². The van der Waals surface area contributed by atoms with Crippen molar-refractivity contribution in [2.45, 2.75) is 39.5 Å². The van der Waals surface area contributed by atoms with Crippen LogP contribution >= 0.6 is 0 Å². The average Bonchev–Trinajstić information content (AvgIpc) is 2.38. The van der Waals surface area contributed by atoms with Crippen LogP contribution in [0.5, 0.6) is 5.75 Å². The Morgan fingerprint density at radius 2 is 2.00 bits per heavy atom.